The Labute approximate surface area is 138 Å². The molecule has 2 heterocycles. The van der Waals surface area contributed by atoms with Crippen molar-refractivity contribution in [2.75, 3.05) is 19.0 Å². The SMILES string of the molecule is COCCn1cc(NC(=O)NCc2cccs2)c2ccccc21. The summed E-state index contributed by atoms with van der Waals surface area (Å²) in [6, 6.07) is 11.8. The molecule has 0 saturated carbocycles. The maximum atomic E-state index is 12.1. The lowest BCUT2D eigenvalue weighted by atomic mass is 10.2. The molecule has 2 amide bonds. The largest absolute Gasteiger partial charge is 0.383 e. The lowest BCUT2D eigenvalue weighted by molar-refractivity contribution is 0.188. The normalized spacial score (nSPS) is 10.8. The number of hydrogen-bond acceptors (Lipinski definition) is 3. The van der Waals surface area contributed by atoms with Gasteiger partial charge in [-0.2, -0.15) is 0 Å². The summed E-state index contributed by atoms with van der Waals surface area (Å²) in [5, 5.41) is 8.84. The number of methoxy groups -OCH3 is 1. The Bertz CT molecular complexity index is 780. The molecular weight excluding hydrogens is 310 g/mol. The van der Waals surface area contributed by atoms with Crippen LogP contribution >= 0.6 is 11.3 Å². The number of aromatic nitrogens is 1. The second-order valence-corrected chi connectivity index (χ2v) is 6.17. The van der Waals surface area contributed by atoms with Crippen molar-refractivity contribution >= 4 is 34.0 Å². The zero-order valence-corrected chi connectivity index (χ0v) is 13.7. The van der Waals surface area contributed by atoms with Crippen LogP contribution in [0.1, 0.15) is 4.88 Å². The predicted octanol–water partition coefficient (Wildman–Crippen LogP) is 3.67. The molecule has 6 heteroatoms. The molecule has 0 unspecified atom stereocenters. The van der Waals surface area contributed by atoms with Crippen LogP contribution in [0.5, 0.6) is 0 Å². The molecule has 0 saturated heterocycles. The fourth-order valence-electron chi connectivity index (χ4n) is 2.47. The predicted molar refractivity (Wildman–Crippen MR) is 94.0 cm³/mol. The quantitative estimate of drug-likeness (QED) is 0.725. The molecule has 0 spiro atoms. The number of thiophene rings is 1. The fraction of sp³-hybridized carbons (Fsp3) is 0.235. The Hall–Kier alpha value is -2.31. The molecule has 0 aliphatic heterocycles. The summed E-state index contributed by atoms with van der Waals surface area (Å²) in [5.41, 5.74) is 1.89. The van der Waals surface area contributed by atoms with Crippen molar-refractivity contribution in [3.8, 4) is 0 Å². The number of amides is 2. The molecule has 0 aliphatic carbocycles. The minimum atomic E-state index is -0.201. The number of carbonyl (C=O) groups is 1. The van der Waals surface area contributed by atoms with Gasteiger partial charge in [0.25, 0.3) is 0 Å². The van der Waals surface area contributed by atoms with E-state index in [-0.39, 0.29) is 6.03 Å². The van der Waals surface area contributed by atoms with Gasteiger partial charge >= 0.3 is 6.03 Å². The average molecular weight is 329 g/mol. The van der Waals surface area contributed by atoms with Crippen molar-refractivity contribution in [3.63, 3.8) is 0 Å². The molecule has 2 N–H and O–H groups in total. The molecule has 0 atom stereocenters. The molecule has 3 aromatic rings. The number of anilines is 1. The highest BCUT2D eigenvalue weighted by Gasteiger charge is 2.10. The topological polar surface area (TPSA) is 55.3 Å². The summed E-state index contributed by atoms with van der Waals surface area (Å²) in [5.74, 6) is 0. The van der Waals surface area contributed by atoms with Crippen LogP contribution in [0.2, 0.25) is 0 Å². The fourth-order valence-corrected chi connectivity index (χ4v) is 3.11. The molecule has 0 radical (unpaired) electrons. The van der Waals surface area contributed by atoms with E-state index in [1.807, 2.05) is 48.0 Å². The first kappa shape index (κ1) is 15.6. The number of para-hydroxylation sites is 1. The van der Waals surface area contributed by atoms with Crippen molar-refractivity contribution in [2.24, 2.45) is 0 Å². The molecule has 120 valence electrons. The van der Waals surface area contributed by atoms with Crippen LogP contribution < -0.4 is 10.6 Å². The minimum Gasteiger partial charge on any atom is -0.383 e. The van der Waals surface area contributed by atoms with E-state index in [0.717, 1.165) is 28.0 Å². The molecule has 5 nitrogen and oxygen atoms in total. The average Bonchev–Trinajstić information content (AvgIpc) is 3.20. The number of nitrogens with zero attached hydrogens (tertiary/aromatic N) is 1. The number of rotatable bonds is 6. The van der Waals surface area contributed by atoms with Crippen LogP contribution in [-0.2, 0) is 17.8 Å². The standard InChI is InChI=1S/C17H19N3O2S/c1-22-9-8-20-12-15(14-6-2-3-7-16(14)20)19-17(21)18-11-13-5-4-10-23-13/h2-7,10,12H,8-9,11H2,1H3,(H2,18,19,21). The van der Waals surface area contributed by atoms with E-state index in [0.29, 0.717) is 13.2 Å². The third-order valence-electron chi connectivity index (χ3n) is 3.58. The highest BCUT2D eigenvalue weighted by atomic mass is 32.1. The molecule has 0 aliphatic rings. The maximum Gasteiger partial charge on any atom is 0.319 e. The molecule has 23 heavy (non-hydrogen) atoms. The van der Waals surface area contributed by atoms with E-state index in [4.69, 9.17) is 4.74 Å². The van der Waals surface area contributed by atoms with Gasteiger partial charge in [0.1, 0.15) is 0 Å². The summed E-state index contributed by atoms with van der Waals surface area (Å²) < 4.78 is 7.24. The van der Waals surface area contributed by atoms with Gasteiger partial charge in [0.05, 0.1) is 24.4 Å². The van der Waals surface area contributed by atoms with Crippen LogP contribution in [0.15, 0.2) is 48.0 Å². The van der Waals surface area contributed by atoms with E-state index in [1.165, 1.54) is 0 Å². The first-order chi connectivity index (χ1) is 11.3. The minimum absolute atomic E-state index is 0.201. The van der Waals surface area contributed by atoms with Gasteiger partial charge in [-0.3, -0.25) is 0 Å². The van der Waals surface area contributed by atoms with E-state index >= 15 is 0 Å². The van der Waals surface area contributed by atoms with Crippen LogP contribution in [0.25, 0.3) is 10.9 Å². The number of fused-ring (bicyclic) bond motifs is 1. The van der Waals surface area contributed by atoms with Gasteiger partial charge in [-0.1, -0.05) is 24.3 Å². The van der Waals surface area contributed by atoms with Crippen LogP contribution in [-0.4, -0.2) is 24.3 Å². The van der Waals surface area contributed by atoms with Crippen LogP contribution in [0.3, 0.4) is 0 Å². The second-order valence-electron chi connectivity index (χ2n) is 5.13. The summed E-state index contributed by atoms with van der Waals surface area (Å²) >= 11 is 1.63. The summed E-state index contributed by atoms with van der Waals surface area (Å²) in [6.45, 7) is 1.91. The lowest BCUT2D eigenvalue weighted by Crippen LogP contribution is -2.27. The van der Waals surface area contributed by atoms with Gasteiger partial charge in [0, 0.05) is 30.1 Å². The van der Waals surface area contributed by atoms with Crippen molar-refractivity contribution in [1.82, 2.24) is 9.88 Å². The molecular formula is C17H19N3O2S. The zero-order chi connectivity index (χ0) is 16.1. The second kappa shape index (κ2) is 7.30. The van der Waals surface area contributed by atoms with Crippen molar-refractivity contribution in [1.29, 1.82) is 0 Å². The van der Waals surface area contributed by atoms with Crippen LogP contribution in [0.4, 0.5) is 10.5 Å². The molecule has 3 rings (SSSR count). The number of nitrogens with one attached hydrogen (secondary N) is 2. The third-order valence-corrected chi connectivity index (χ3v) is 4.45. The number of benzene rings is 1. The monoisotopic (exact) mass is 329 g/mol. The number of hydrogen-bond donors (Lipinski definition) is 2. The van der Waals surface area contributed by atoms with Gasteiger partial charge in [-0.15, -0.1) is 11.3 Å². The van der Waals surface area contributed by atoms with Crippen molar-refractivity contribution < 1.29 is 9.53 Å². The Balaban J connectivity index is 1.72. The molecule has 0 bridgehead atoms. The Morgan fingerprint density at radius 3 is 2.91 bits per heavy atom. The van der Waals surface area contributed by atoms with E-state index in [1.54, 1.807) is 18.4 Å². The number of urea groups is 1. The smallest absolute Gasteiger partial charge is 0.319 e. The summed E-state index contributed by atoms with van der Waals surface area (Å²) in [4.78, 5) is 13.3. The van der Waals surface area contributed by atoms with E-state index in [9.17, 15) is 4.79 Å². The molecule has 2 aromatic heterocycles. The first-order valence-electron chi connectivity index (χ1n) is 7.42. The highest BCUT2D eigenvalue weighted by molar-refractivity contribution is 7.09. The third kappa shape index (κ3) is 3.72. The Morgan fingerprint density at radius 2 is 2.13 bits per heavy atom. The maximum absolute atomic E-state index is 12.1. The highest BCUT2D eigenvalue weighted by Crippen LogP contribution is 2.25. The van der Waals surface area contributed by atoms with Gasteiger partial charge in [-0.25, -0.2) is 4.79 Å². The van der Waals surface area contributed by atoms with Gasteiger partial charge in [0.2, 0.25) is 0 Å². The van der Waals surface area contributed by atoms with Gasteiger partial charge < -0.3 is 19.9 Å². The van der Waals surface area contributed by atoms with Gasteiger partial charge in [-0.05, 0) is 17.5 Å². The van der Waals surface area contributed by atoms with E-state index < -0.39 is 0 Å². The molecule has 1 aromatic carbocycles. The lowest BCUT2D eigenvalue weighted by Gasteiger charge is -2.05. The first-order valence-corrected chi connectivity index (χ1v) is 8.30. The summed E-state index contributed by atoms with van der Waals surface area (Å²) in [6.07, 6.45) is 1.95. The Kier molecular flexibility index (Phi) is 4.95. The zero-order valence-electron chi connectivity index (χ0n) is 12.9. The summed E-state index contributed by atoms with van der Waals surface area (Å²) in [7, 11) is 1.68. The Morgan fingerprint density at radius 1 is 1.26 bits per heavy atom. The number of ether oxygens (including phenoxy) is 1. The van der Waals surface area contributed by atoms with Crippen molar-refractivity contribution in [2.45, 2.75) is 13.1 Å². The van der Waals surface area contributed by atoms with Crippen molar-refractivity contribution in [3.05, 3.63) is 52.9 Å². The number of carbonyl (C=O) groups excluding carboxylic acids is 1. The van der Waals surface area contributed by atoms with E-state index in [2.05, 4.69) is 15.2 Å². The van der Waals surface area contributed by atoms with Crippen LogP contribution in [0, 0.1) is 0 Å². The molecule has 0 fully saturated rings. The van der Waals surface area contributed by atoms with Gasteiger partial charge in [0.15, 0.2) is 0 Å².